The number of nitrogens with zero attached hydrogens (tertiary/aromatic N) is 4. The van der Waals surface area contributed by atoms with Crippen molar-refractivity contribution in [1.82, 2.24) is 19.9 Å². The van der Waals surface area contributed by atoms with Gasteiger partial charge in [-0.2, -0.15) is 0 Å². The molecule has 1 aromatic carbocycles. The van der Waals surface area contributed by atoms with Gasteiger partial charge in [0.05, 0.1) is 6.04 Å². The molecule has 0 saturated carbocycles. The van der Waals surface area contributed by atoms with Crippen LogP contribution in [0.2, 0.25) is 0 Å². The Balaban J connectivity index is 1.32. The summed E-state index contributed by atoms with van der Waals surface area (Å²) in [5.41, 5.74) is 10.2. The Kier molecular flexibility index (Phi) is 6.48. The Labute approximate surface area is 187 Å². The van der Waals surface area contributed by atoms with E-state index >= 15 is 0 Å². The second-order valence-corrected chi connectivity index (χ2v) is 7.75. The van der Waals surface area contributed by atoms with Crippen LogP contribution >= 0.6 is 0 Å². The zero-order valence-corrected chi connectivity index (χ0v) is 17.9. The predicted octanol–water partition coefficient (Wildman–Crippen LogP) is 2.26. The van der Waals surface area contributed by atoms with Crippen LogP contribution in [-0.4, -0.2) is 45.9 Å². The van der Waals surface area contributed by atoms with E-state index < -0.39 is 35.7 Å². The van der Waals surface area contributed by atoms with Crippen LogP contribution in [0.1, 0.15) is 23.8 Å². The lowest BCUT2D eigenvalue weighted by atomic mass is 10.1. The Hall–Kier alpha value is -4.02. The molecule has 1 amide bonds. The first-order valence-electron chi connectivity index (χ1n) is 10.4. The van der Waals surface area contributed by atoms with Crippen LogP contribution in [0.15, 0.2) is 51.4 Å². The van der Waals surface area contributed by atoms with Gasteiger partial charge in [0.15, 0.2) is 0 Å². The molecule has 3 N–H and O–H groups in total. The average molecular weight is 453 g/mol. The molecular weight excluding hydrogens is 430 g/mol. The second-order valence-electron chi connectivity index (χ2n) is 7.75. The van der Waals surface area contributed by atoms with Crippen LogP contribution in [0.4, 0.5) is 4.79 Å². The molecule has 0 radical (unpaired) electrons. The molecular formula is C21H23N7O5. The largest absolute Gasteiger partial charge is 0.447 e. The molecule has 1 fully saturated rings. The summed E-state index contributed by atoms with van der Waals surface area (Å²) in [4.78, 5) is 44.1. The minimum Gasteiger partial charge on any atom is -0.447 e. The molecule has 1 aliphatic heterocycles. The molecule has 12 heteroatoms. The number of azide groups is 1. The molecule has 3 heterocycles. The van der Waals surface area contributed by atoms with Gasteiger partial charge in [0, 0.05) is 46.7 Å². The fourth-order valence-electron chi connectivity index (χ4n) is 3.87. The monoisotopic (exact) mass is 453 g/mol. The van der Waals surface area contributed by atoms with Crippen LogP contribution in [-0.2, 0) is 15.9 Å². The molecule has 3 aromatic rings. The molecule has 3 atom stereocenters. The lowest BCUT2D eigenvalue weighted by molar-refractivity contribution is -0.0307. The lowest BCUT2D eigenvalue weighted by Crippen LogP contribution is -2.34. The number of nitrogens with one attached hydrogen (secondary N) is 3. The van der Waals surface area contributed by atoms with Crippen molar-refractivity contribution < 1.29 is 14.3 Å². The molecule has 33 heavy (non-hydrogen) atoms. The third-order valence-corrected chi connectivity index (χ3v) is 5.58. The van der Waals surface area contributed by atoms with Crippen molar-refractivity contribution in [2.24, 2.45) is 5.11 Å². The van der Waals surface area contributed by atoms with Crippen molar-refractivity contribution in [1.29, 1.82) is 0 Å². The highest BCUT2D eigenvalue weighted by molar-refractivity contribution is 5.83. The molecule has 2 aromatic heterocycles. The molecule has 0 bridgehead atoms. The number of H-pyrrole nitrogens is 2. The summed E-state index contributed by atoms with van der Waals surface area (Å²) in [5, 5.41) is 7.50. The zero-order valence-electron chi connectivity index (χ0n) is 17.9. The summed E-state index contributed by atoms with van der Waals surface area (Å²) in [6.45, 7) is 1.78. The molecule has 172 valence electrons. The number of aromatic amines is 2. The van der Waals surface area contributed by atoms with E-state index in [1.807, 2.05) is 30.5 Å². The molecule has 0 aliphatic carbocycles. The second kappa shape index (κ2) is 9.63. The van der Waals surface area contributed by atoms with Crippen molar-refractivity contribution in [3.05, 3.63) is 79.1 Å². The maximum absolute atomic E-state index is 12.1. The summed E-state index contributed by atoms with van der Waals surface area (Å²) in [7, 11) is 0. The molecule has 1 unspecified atom stereocenters. The van der Waals surface area contributed by atoms with Gasteiger partial charge in [0.2, 0.25) is 0 Å². The number of benzene rings is 1. The van der Waals surface area contributed by atoms with Crippen molar-refractivity contribution >= 4 is 17.0 Å². The lowest BCUT2D eigenvalue weighted by Gasteiger charge is -2.17. The molecule has 1 saturated heterocycles. The normalized spacial score (nSPS) is 19.8. The Morgan fingerprint density at radius 2 is 2.21 bits per heavy atom. The number of alkyl carbamates (subject to hydrolysis) is 1. The van der Waals surface area contributed by atoms with Crippen LogP contribution in [0.25, 0.3) is 21.3 Å². The predicted molar refractivity (Wildman–Crippen MR) is 119 cm³/mol. The maximum Gasteiger partial charge on any atom is 0.407 e. The first kappa shape index (κ1) is 22.2. The molecule has 4 rings (SSSR count). The van der Waals surface area contributed by atoms with Gasteiger partial charge in [-0.3, -0.25) is 14.3 Å². The van der Waals surface area contributed by atoms with E-state index in [0.717, 1.165) is 16.5 Å². The van der Waals surface area contributed by atoms with E-state index in [0.29, 0.717) is 18.5 Å². The van der Waals surface area contributed by atoms with Crippen LogP contribution in [0, 0.1) is 6.92 Å². The fourth-order valence-corrected chi connectivity index (χ4v) is 3.87. The summed E-state index contributed by atoms with van der Waals surface area (Å²) < 4.78 is 12.3. The summed E-state index contributed by atoms with van der Waals surface area (Å²) in [6.07, 6.45) is 2.00. The molecule has 12 nitrogen and oxygen atoms in total. The minimum atomic E-state index is -0.762. The van der Waals surface area contributed by atoms with Crippen molar-refractivity contribution in [2.45, 2.75) is 38.1 Å². The first-order chi connectivity index (χ1) is 16.0. The fraction of sp³-hybridized carbons (Fsp3) is 0.381. The van der Waals surface area contributed by atoms with Crippen molar-refractivity contribution in [2.75, 3.05) is 13.2 Å². The number of amides is 1. The van der Waals surface area contributed by atoms with Gasteiger partial charge in [0.1, 0.15) is 18.9 Å². The quantitative estimate of drug-likeness (QED) is 0.283. The number of fused-ring (bicyclic) bond motifs is 1. The summed E-state index contributed by atoms with van der Waals surface area (Å²) in [6, 6.07) is 7.26. The van der Waals surface area contributed by atoms with Gasteiger partial charge >= 0.3 is 11.8 Å². The van der Waals surface area contributed by atoms with Crippen molar-refractivity contribution in [3.8, 4) is 0 Å². The van der Waals surface area contributed by atoms with E-state index in [-0.39, 0.29) is 13.0 Å². The number of carbonyl (C=O) groups is 1. The van der Waals surface area contributed by atoms with E-state index in [1.54, 1.807) is 6.92 Å². The van der Waals surface area contributed by atoms with Crippen LogP contribution < -0.4 is 16.6 Å². The number of aryl methyl sites for hydroxylation is 1. The topological polar surface area (TPSA) is 167 Å². The summed E-state index contributed by atoms with van der Waals surface area (Å²) >= 11 is 0. The van der Waals surface area contributed by atoms with Gasteiger partial charge in [-0.05, 0) is 30.5 Å². The number of aromatic nitrogens is 3. The van der Waals surface area contributed by atoms with Gasteiger partial charge in [-0.1, -0.05) is 23.3 Å². The zero-order chi connectivity index (χ0) is 23.4. The van der Waals surface area contributed by atoms with E-state index in [2.05, 4.69) is 25.3 Å². The number of carbonyl (C=O) groups excluding carboxylic acids is 1. The summed E-state index contributed by atoms with van der Waals surface area (Å²) in [5.74, 6) is 0. The SMILES string of the molecule is Cc1cn([C@H]2CC(N=[N+]=[N-])[C@@H](COC(=O)NCCc3c[nH]c4ccccc34)O2)c(=O)[nH]c1=O. The standard InChI is InChI=1S/C21H23N7O5/c1-12-10-28(20(30)25-19(12)29)18-8-16(26-27-22)17(33-18)11-32-21(31)23-7-6-13-9-24-15-5-3-2-4-14(13)15/h2-5,9-10,16-18,24H,6-8,11H2,1H3,(H,23,31)(H,25,29,30)/t16?,17-,18-/m1/s1. The highest BCUT2D eigenvalue weighted by atomic mass is 16.6. The number of rotatable bonds is 7. The van der Waals surface area contributed by atoms with E-state index in [9.17, 15) is 14.4 Å². The van der Waals surface area contributed by atoms with E-state index in [1.165, 1.54) is 10.8 Å². The Morgan fingerprint density at radius 3 is 3.03 bits per heavy atom. The first-order valence-corrected chi connectivity index (χ1v) is 10.4. The van der Waals surface area contributed by atoms with E-state index in [4.69, 9.17) is 15.0 Å². The smallest absolute Gasteiger partial charge is 0.407 e. The average Bonchev–Trinajstić information content (AvgIpc) is 3.39. The van der Waals surface area contributed by atoms with Crippen LogP contribution in [0.3, 0.4) is 0 Å². The van der Waals surface area contributed by atoms with Crippen LogP contribution in [0.5, 0.6) is 0 Å². The highest BCUT2D eigenvalue weighted by Crippen LogP contribution is 2.30. The molecule has 0 spiro atoms. The Morgan fingerprint density at radius 1 is 1.39 bits per heavy atom. The third kappa shape index (κ3) is 4.92. The number of hydrogen-bond donors (Lipinski definition) is 3. The molecule has 1 aliphatic rings. The van der Waals surface area contributed by atoms with Gasteiger partial charge in [-0.25, -0.2) is 9.59 Å². The van der Waals surface area contributed by atoms with Gasteiger partial charge in [0.25, 0.3) is 5.56 Å². The van der Waals surface area contributed by atoms with Gasteiger partial charge in [-0.15, -0.1) is 0 Å². The third-order valence-electron chi connectivity index (χ3n) is 5.58. The highest BCUT2D eigenvalue weighted by Gasteiger charge is 2.37. The minimum absolute atomic E-state index is 0.157. The Bertz CT molecular complexity index is 1320. The number of hydrogen-bond acceptors (Lipinski definition) is 6. The number of ether oxygens (including phenoxy) is 2. The number of para-hydroxylation sites is 1. The van der Waals surface area contributed by atoms with Crippen molar-refractivity contribution in [3.63, 3.8) is 0 Å². The van der Waals surface area contributed by atoms with Gasteiger partial charge < -0.3 is 19.8 Å². The maximum atomic E-state index is 12.1.